The Morgan fingerprint density at radius 3 is 1.41 bits per heavy atom. The molecule has 2 atom stereocenters. The van der Waals surface area contributed by atoms with E-state index in [1.807, 2.05) is 12.1 Å². The van der Waals surface area contributed by atoms with Gasteiger partial charge in [-0.15, -0.1) is 0 Å². The third kappa shape index (κ3) is 4.11. The molecule has 4 heteroatoms. The van der Waals surface area contributed by atoms with E-state index >= 15 is 0 Å². The van der Waals surface area contributed by atoms with Crippen molar-refractivity contribution in [1.29, 1.82) is 0 Å². The lowest BCUT2D eigenvalue weighted by Crippen LogP contribution is -2.33. The fraction of sp³-hybridized carbons (Fsp3) is 0.429. The molecule has 0 amide bonds. The summed E-state index contributed by atoms with van der Waals surface area (Å²) >= 11 is 0. The van der Waals surface area contributed by atoms with Crippen molar-refractivity contribution in [2.75, 3.05) is 13.2 Å². The number of hydrogen-bond acceptors (Lipinski definition) is 4. The van der Waals surface area contributed by atoms with E-state index in [0.717, 1.165) is 11.1 Å². The first-order chi connectivity index (χ1) is 15.2. The van der Waals surface area contributed by atoms with Gasteiger partial charge < -0.3 is 9.47 Å². The molecule has 2 aromatic carbocycles. The molecule has 32 heavy (non-hydrogen) atoms. The van der Waals surface area contributed by atoms with Crippen LogP contribution in [0.25, 0.3) is 0 Å². The third-order valence-corrected chi connectivity index (χ3v) is 6.93. The number of benzene rings is 2. The highest BCUT2D eigenvalue weighted by Crippen LogP contribution is 2.35. The largest absolute Gasteiger partial charge is 0.475 e. The highest BCUT2D eigenvalue weighted by molar-refractivity contribution is 6.20. The van der Waals surface area contributed by atoms with Gasteiger partial charge >= 0.3 is 0 Å². The van der Waals surface area contributed by atoms with Crippen LogP contribution >= 0.6 is 0 Å². The first kappa shape index (κ1) is 22.3. The topological polar surface area (TPSA) is 43.2 Å². The quantitative estimate of drug-likeness (QED) is 0.575. The Hall–Kier alpha value is -2.88. The van der Waals surface area contributed by atoms with Crippen LogP contribution in [-0.2, 0) is 20.3 Å². The zero-order valence-corrected chi connectivity index (χ0v) is 20.1. The summed E-state index contributed by atoms with van der Waals surface area (Å²) in [4.78, 5) is 10.0. The molecule has 0 radical (unpaired) electrons. The van der Waals surface area contributed by atoms with Gasteiger partial charge in [0.1, 0.15) is 13.2 Å². The second-order valence-electron chi connectivity index (χ2n) is 10.1. The molecule has 4 nitrogen and oxygen atoms in total. The number of ether oxygens (including phenoxy) is 2. The number of hydrogen-bond donors (Lipinski definition) is 0. The number of rotatable bonds is 6. The van der Waals surface area contributed by atoms with Gasteiger partial charge in [0.25, 0.3) is 0 Å². The molecule has 0 saturated heterocycles. The summed E-state index contributed by atoms with van der Waals surface area (Å²) in [7, 11) is 0. The minimum absolute atomic E-state index is 0.0350. The molecule has 0 saturated carbocycles. The lowest BCUT2D eigenvalue weighted by atomic mass is 9.78. The van der Waals surface area contributed by atoms with E-state index in [4.69, 9.17) is 19.5 Å². The Morgan fingerprint density at radius 1 is 0.688 bits per heavy atom. The minimum atomic E-state index is -0.133. The van der Waals surface area contributed by atoms with Crippen LogP contribution in [0.1, 0.15) is 52.7 Å². The predicted octanol–water partition coefficient (Wildman–Crippen LogP) is 5.87. The Balaban J connectivity index is 1.61. The van der Waals surface area contributed by atoms with Gasteiger partial charge in [0, 0.05) is 10.8 Å². The van der Waals surface area contributed by atoms with Crippen LogP contribution in [-0.4, -0.2) is 37.1 Å². The number of aliphatic imine (C=N–C) groups is 2. The highest BCUT2D eigenvalue weighted by Gasteiger charge is 2.40. The van der Waals surface area contributed by atoms with Crippen molar-refractivity contribution in [1.82, 2.24) is 0 Å². The first-order valence-electron chi connectivity index (χ1n) is 11.4. The summed E-state index contributed by atoms with van der Waals surface area (Å²) in [6.45, 7) is 14.2. The highest BCUT2D eigenvalue weighted by atomic mass is 16.5. The van der Waals surface area contributed by atoms with Gasteiger partial charge in [0.05, 0.1) is 17.7 Å². The van der Waals surface area contributed by atoms with Crippen molar-refractivity contribution in [3.63, 3.8) is 0 Å². The van der Waals surface area contributed by atoms with E-state index in [9.17, 15) is 0 Å². The minimum Gasteiger partial charge on any atom is -0.475 e. The van der Waals surface area contributed by atoms with E-state index in [1.165, 1.54) is 11.1 Å². The maximum atomic E-state index is 6.15. The molecule has 0 aliphatic carbocycles. The van der Waals surface area contributed by atoms with Gasteiger partial charge in [-0.3, -0.25) is 0 Å². The van der Waals surface area contributed by atoms with Gasteiger partial charge in [-0.1, -0.05) is 93.9 Å². The van der Waals surface area contributed by atoms with E-state index in [2.05, 4.69) is 90.1 Å². The molecule has 0 N–H and O–H groups in total. The first-order valence-corrected chi connectivity index (χ1v) is 11.4. The molecule has 2 aliphatic rings. The molecule has 168 valence electrons. The van der Waals surface area contributed by atoms with Crippen molar-refractivity contribution >= 4 is 11.8 Å². The maximum absolute atomic E-state index is 6.15. The average molecular weight is 431 g/mol. The summed E-state index contributed by atoms with van der Waals surface area (Å²) in [5.41, 5.74) is 4.24. The lowest BCUT2D eigenvalue weighted by molar-refractivity contribution is 0.265. The van der Waals surface area contributed by atoms with Crippen molar-refractivity contribution in [2.45, 2.75) is 64.5 Å². The van der Waals surface area contributed by atoms with Crippen molar-refractivity contribution < 1.29 is 9.47 Å². The van der Waals surface area contributed by atoms with Crippen LogP contribution in [0.15, 0.2) is 81.8 Å². The second kappa shape index (κ2) is 8.57. The molecular weight excluding hydrogens is 396 g/mol. The Kier molecular flexibility index (Phi) is 5.98. The average Bonchev–Trinajstić information content (AvgIpc) is 3.46. The third-order valence-electron chi connectivity index (χ3n) is 6.93. The van der Waals surface area contributed by atoms with Gasteiger partial charge in [-0.2, -0.15) is 0 Å². The van der Waals surface area contributed by atoms with Crippen LogP contribution in [0.5, 0.6) is 0 Å². The van der Waals surface area contributed by atoms with E-state index in [0.29, 0.717) is 25.0 Å². The van der Waals surface area contributed by atoms with Gasteiger partial charge in [-0.05, 0) is 25.0 Å². The summed E-state index contributed by atoms with van der Waals surface area (Å²) in [5, 5.41) is 0. The van der Waals surface area contributed by atoms with Crippen molar-refractivity contribution in [2.24, 2.45) is 9.98 Å². The summed E-state index contributed by atoms with van der Waals surface area (Å²) in [6, 6.07) is 21.1. The monoisotopic (exact) mass is 430 g/mol. The van der Waals surface area contributed by atoms with E-state index in [1.54, 1.807) is 0 Å². The molecule has 2 heterocycles. The van der Waals surface area contributed by atoms with Crippen LogP contribution in [0.4, 0.5) is 0 Å². The lowest BCUT2D eigenvalue weighted by Gasteiger charge is -2.28. The summed E-state index contributed by atoms with van der Waals surface area (Å²) in [6.07, 6.45) is 0. The molecule has 0 bridgehead atoms. The summed E-state index contributed by atoms with van der Waals surface area (Å²) in [5.74, 6) is 1.30. The molecule has 0 unspecified atom stereocenters. The van der Waals surface area contributed by atoms with E-state index in [-0.39, 0.29) is 22.9 Å². The SMILES string of the molecule is CC(C)=C(C1=N[C@@H](C(C)(C)c2ccccc2)CO1)C1=N[C@@H](C(C)(C)c2ccccc2)CO1. The van der Waals surface area contributed by atoms with Gasteiger partial charge in [0.2, 0.25) is 11.8 Å². The number of nitrogens with zero attached hydrogens (tertiary/aromatic N) is 2. The summed E-state index contributed by atoms with van der Waals surface area (Å²) < 4.78 is 12.3. The van der Waals surface area contributed by atoms with E-state index < -0.39 is 0 Å². The predicted molar refractivity (Wildman–Crippen MR) is 132 cm³/mol. The molecule has 0 spiro atoms. The Labute approximate surface area is 192 Å². The standard InChI is InChI=1S/C28H34N2O2/c1-19(2)24(25-29-22(17-31-25)27(3,4)20-13-9-7-10-14-20)26-30-23(18-32-26)28(5,6)21-15-11-8-12-16-21/h7-16,22-23H,17-18H2,1-6H3/t22-,23-/m1/s1. The Morgan fingerprint density at radius 2 is 1.06 bits per heavy atom. The van der Waals surface area contributed by atoms with Crippen LogP contribution in [0.3, 0.4) is 0 Å². The Bertz CT molecular complexity index is 966. The molecule has 4 rings (SSSR count). The number of allylic oxidation sites excluding steroid dienone is 1. The molecule has 0 fully saturated rings. The van der Waals surface area contributed by atoms with Crippen molar-refractivity contribution in [3.8, 4) is 0 Å². The normalized spacial score (nSPS) is 20.8. The van der Waals surface area contributed by atoms with Crippen LogP contribution in [0.2, 0.25) is 0 Å². The van der Waals surface area contributed by atoms with Crippen molar-refractivity contribution in [3.05, 3.63) is 82.9 Å². The zero-order chi connectivity index (χ0) is 22.9. The fourth-order valence-corrected chi connectivity index (χ4v) is 4.40. The van der Waals surface area contributed by atoms with Crippen LogP contribution < -0.4 is 0 Å². The maximum Gasteiger partial charge on any atom is 0.222 e. The smallest absolute Gasteiger partial charge is 0.222 e. The van der Waals surface area contributed by atoms with Gasteiger partial charge in [0.15, 0.2) is 0 Å². The van der Waals surface area contributed by atoms with Crippen LogP contribution in [0, 0.1) is 0 Å². The molecule has 2 aromatic rings. The molecular formula is C28H34N2O2. The second-order valence-corrected chi connectivity index (χ2v) is 10.1. The molecule has 0 aromatic heterocycles. The van der Waals surface area contributed by atoms with Gasteiger partial charge in [-0.25, -0.2) is 9.98 Å². The zero-order valence-electron chi connectivity index (χ0n) is 20.1. The fourth-order valence-electron chi connectivity index (χ4n) is 4.40. The molecule has 2 aliphatic heterocycles.